The molecule has 0 saturated carbocycles. The summed E-state index contributed by atoms with van der Waals surface area (Å²) in [6, 6.07) is 26.0. The fraction of sp³-hybridized carbons (Fsp3) is 0.0588. The Labute approximate surface area is 253 Å². The molecule has 7 nitrogen and oxygen atoms in total. The van der Waals surface area contributed by atoms with Gasteiger partial charge in [-0.15, -0.1) is 0 Å². The molecule has 0 N–H and O–H groups in total. The Morgan fingerprint density at radius 2 is 1.30 bits per heavy atom. The Hall–Kier alpha value is -5.48. The van der Waals surface area contributed by atoms with Crippen LogP contribution in [0.1, 0.15) is 11.1 Å². The molecule has 214 valence electrons. The number of hydrogen-bond donors (Lipinski definition) is 0. The van der Waals surface area contributed by atoms with Gasteiger partial charge in [-0.1, -0.05) is 47.5 Å². The molecule has 0 unspecified atom stereocenters. The topological polar surface area (TPSA) is 88.4 Å². The molecule has 0 spiro atoms. The first kappa shape index (κ1) is 27.4. The quantitative estimate of drug-likeness (QED) is 0.196. The van der Waals surface area contributed by atoms with E-state index in [0.717, 1.165) is 40.4 Å². The van der Waals surface area contributed by atoms with Crippen LogP contribution >= 0.6 is 11.7 Å². The van der Waals surface area contributed by atoms with E-state index in [4.69, 9.17) is 0 Å². The number of fused-ring (bicyclic) bond motifs is 2. The zero-order valence-electron chi connectivity index (χ0n) is 23.4. The molecule has 44 heavy (non-hydrogen) atoms. The van der Waals surface area contributed by atoms with Crippen molar-refractivity contribution in [2.45, 2.75) is 13.8 Å². The molecular weight excluding hydrogens is 580 g/mol. The van der Waals surface area contributed by atoms with Crippen LogP contribution in [0.3, 0.4) is 0 Å². The summed E-state index contributed by atoms with van der Waals surface area (Å²) in [5.74, 6) is -2.03. The van der Waals surface area contributed by atoms with Gasteiger partial charge >= 0.3 is 0 Å². The van der Waals surface area contributed by atoms with E-state index in [1.165, 1.54) is 17.3 Å². The lowest BCUT2D eigenvalue weighted by molar-refractivity contribution is 0.592. The van der Waals surface area contributed by atoms with Crippen molar-refractivity contribution in [1.82, 2.24) is 13.7 Å². The lowest BCUT2D eigenvalue weighted by atomic mass is 10.1. The number of rotatable bonds is 5. The van der Waals surface area contributed by atoms with Gasteiger partial charge in [-0.25, -0.2) is 13.8 Å². The lowest BCUT2D eigenvalue weighted by Gasteiger charge is -2.26. The van der Waals surface area contributed by atoms with Gasteiger partial charge in [0.2, 0.25) is 5.43 Å². The molecule has 7 rings (SSSR count). The van der Waals surface area contributed by atoms with Crippen LogP contribution in [0.15, 0.2) is 106 Å². The third-order valence-electron chi connectivity index (χ3n) is 7.45. The van der Waals surface area contributed by atoms with Crippen molar-refractivity contribution in [2.75, 3.05) is 4.90 Å². The molecule has 0 aliphatic heterocycles. The van der Waals surface area contributed by atoms with Crippen molar-refractivity contribution in [3.8, 4) is 11.3 Å². The van der Waals surface area contributed by atoms with Gasteiger partial charge in [0.15, 0.2) is 0 Å². The van der Waals surface area contributed by atoms with Crippen molar-refractivity contribution in [3.05, 3.63) is 140 Å². The van der Waals surface area contributed by atoms with Crippen LogP contribution in [0, 0.1) is 25.5 Å². The minimum absolute atomic E-state index is 0.160. The fourth-order valence-corrected chi connectivity index (χ4v) is 5.78. The molecule has 0 aliphatic rings. The van der Waals surface area contributed by atoms with Crippen LogP contribution < -0.4 is 21.1 Å². The van der Waals surface area contributed by atoms with Crippen LogP contribution in [0.2, 0.25) is 0 Å². The molecule has 2 aromatic heterocycles. The van der Waals surface area contributed by atoms with Gasteiger partial charge in [0.05, 0.1) is 29.0 Å². The second-order valence-corrected chi connectivity index (χ2v) is 11.0. The van der Waals surface area contributed by atoms with E-state index < -0.39 is 27.9 Å². The second kappa shape index (κ2) is 10.7. The third-order valence-corrected chi connectivity index (χ3v) is 7.97. The van der Waals surface area contributed by atoms with E-state index >= 15 is 0 Å². The summed E-state index contributed by atoms with van der Waals surface area (Å²) < 4.78 is 37.1. The van der Waals surface area contributed by atoms with Crippen molar-refractivity contribution in [2.24, 2.45) is 4.99 Å². The molecule has 0 atom stereocenters. The van der Waals surface area contributed by atoms with Gasteiger partial charge in [0.25, 0.3) is 5.43 Å². The summed E-state index contributed by atoms with van der Waals surface area (Å²) in [5.41, 5.74) is 5.50. The maximum absolute atomic E-state index is 14.3. The Morgan fingerprint density at radius 3 is 1.91 bits per heavy atom. The highest BCUT2D eigenvalue weighted by molar-refractivity contribution is 7.00. The fourth-order valence-electron chi connectivity index (χ4n) is 5.22. The van der Waals surface area contributed by atoms with E-state index in [-0.39, 0.29) is 16.4 Å². The predicted molar refractivity (Wildman–Crippen MR) is 169 cm³/mol. The van der Waals surface area contributed by atoms with E-state index in [2.05, 4.69) is 86.0 Å². The van der Waals surface area contributed by atoms with Gasteiger partial charge < -0.3 is 4.90 Å². The number of halogens is 2. The largest absolute Gasteiger partial charge is 0.311 e. The second-order valence-electron chi connectivity index (χ2n) is 10.4. The summed E-state index contributed by atoms with van der Waals surface area (Å²) in [7, 11) is 0. The monoisotopic (exact) mass is 601 g/mol. The van der Waals surface area contributed by atoms with Crippen molar-refractivity contribution in [3.63, 3.8) is 0 Å². The average Bonchev–Trinajstić information content (AvgIpc) is 3.60. The molecule has 0 amide bonds. The van der Waals surface area contributed by atoms with Gasteiger partial charge in [0, 0.05) is 34.1 Å². The number of hydrogen-bond acceptors (Lipinski definition) is 8. The van der Waals surface area contributed by atoms with Crippen LogP contribution in [-0.2, 0) is 0 Å². The lowest BCUT2D eigenvalue weighted by Crippen LogP contribution is -2.30. The van der Waals surface area contributed by atoms with E-state index in [9.17, 15) is 18.4 Å². The summed E-state index contributed by atoms with van der Waals surface area (Å²) >= 11 is 0.941. The third kappa shape index (κ3) is 4.65. The van der Waals surface area contributed by atoms with E-state index in [0.29, 0.717) is 22.8 Å². The molecule has 7 aromatic rings. The minimum atomic E-state index is -1.11. The summed E-state index contributed by atoms with van der Waals surface area (Å²) in [6.07, 6.45) is 1.41. The van der Waals surface area contributed by atoms with Gasteiger partial charge in [0.1, 0.15) is 33.7 Å². The Morgan fingerprint density at radius 1 is 0.727 bits per heavy atom. The van der Waals surface area contributed by atoms with Crippen molar-refractivity contribution >= 4 is 56.3 Å². The number of anilines is 3. The summed E-state index contributed by atoms with van der Waals surface area (Å²) in [6.45, 7) is 4.10. The highest BCUT2D eigenvalue weighted by Gasteiger charge is 2.19. The first-order valence-corrected chi connectivity index (χ1v) is 14.3. The zero-order valence-corrected chi connectivity index (χ0v) is 24.2. The summed E-state index contributed by atoms with van der Waals surface area (Å²) in [5, 5.41) is -1.04. The number of pyridine rings is 1. The molecule has 5 aromatic carbocycles. The van der Waals surface area contributed by atoms with Gasteiger partial charge in [-0.2, -0.15) is 8.75 Å². The summed E-state index contributed by atoms with van der Waals surface area (Å²) in [4.78, 5) is 36.2. The Kier molecular flexibility index (Phi) is 6.63. The van der Waals surface area contributed by atoms with Crippen molar-refractivity contribution < 1.29 is 8.78 Å². The number of benzene rings is 4. The highest BCUT2D eigenvalue weighted by Crippen LogP contribution is 2.37. The van der Waals surface area contributed by atoms with Crippen LogP contribution in [0.25, 0.3) is 33.1 Å². The zero-order chi connectivity index (χ0) is 30.5. The first-order chi connectivity index (χ1) is 21.3. The van der Waals surface area contributed by atoms with Crippen LogP contribution in [-0.4, -0.2) is 13.7 Å². The average molecular weight is 602 g/mol. The molecule has 0 radical (unpaired) electrons. The minimum Gasteiger partial charge on any atom is -0.311 e. The molecule has 0 bridgehead atoms. The number of aromatic nitrogens is 3. The molecule has 10 heteroatoms. The Bertz CT molecular complexity index is 2320. The standard InChI is InChI=1S/C34H21F2N5O2S/c1-18-3-9-22(10-4-18)41(23-11-5-19(2)6-12-23)24-13-7-20(8-14-24)29-32-31(39-44-40-32)27(17-37-29)38-30-25-15-21(35)16-26(36)28(25)33(42)34(30)43/h3-17H,1-2H3. The van der Waals surface area contributed by atoms with Crippen LogP contribution in [0.5, 0.6) is 0 Å². The van der Waals surface area contributed by atoms with Crippen molar-refractivity contribution in [1.29, 1.82) is 0 Å². The van der Waals surface area contributed by atoms with E-state index in [1.54, 1.807) is 0 Å². The SMILES string of the molecule is Cc1ccc(N(c2ccc(C)cc2)c2ccc(-c3ncc(N=c4c(=O)c(=O)c5c(F)cc(F)cc45)c4nsnc34)cc2)cc1. The maximum Gasteiger partial charge on any atom is 0.252 e. The molecule has 0 fully saturated rings. The first-order valence-electron chi connectivity index (χ1n) is 13.6. The molecular formula is C34H21F2N5O2S. The maximum atomic E-state index is 14.3. The Balaban J connectivity index is 1.31. The number of nitrogens with zero attached hydrogens (tertiary/aromatic N) is 5. The molecule has 0 saturated heterocycles. The van der Waals surface area contributed by atoms with Crippen LogP contribution in [0.4, 0.5) is 31.5 Å². The van der Waals surface area contributed by atoms with Gasteiger partial charge in [-0.05, 0) is 56.3 Å². The molecule has 0 aliphatic carbocycles. The predicted octanol–water partition coefficient (Wildman–Crippen LogP) is 7.10. The van der Waals surface area contributed by atoms with Gasteiger partial charge in [-0.3, -0.25) is 14.6 Å². The molecule has 2 heterocycles. The van der Waals surface area contributed by atoms with E-state index in [1.807, 2.05) is 24.3 Å². The normalized spacial score (nSPS) is 12.0. The smallest absolute Gasteiger partial charge is 0.252 e. The highest BCUT2D eigenvalue weighted by atomic mass is 32.1. The number of aryl methyl sites for hydroxylation is 2.